The zero-order chi connectivity index (χ0) is 21.6. The van der Waals surface area contributed by atoms with Crippen molar-refractivity contribution in [1.29, 1.82) is 0 Å². The Hall–Kier alpha value is -2.55. The van der Waals surface area contributed by atoms with E-state index < -0.39 is 5.60 Å². The molecular formula is C25H33N3O2. The van der Waals surface area contributed by atoms with E-state index in [9.17, 15) is 5.11 Å². The van der Waals surface area contributed by atoms with E-state index >= 15 is 0 Å². The topological polar surface area (TPSA) is 40.3 Å². The van der Waals surface area contributed by atoms with Gasteiger partial charge in [0.1, 0.15) is 5.75 Å². The Bertz CT molecular complexity index is 849. The minimum absolute atomic E-state index is 0.172. The first-order chi connectivity index (χ1) is 14.4. The molecule has 1 aliphatic rings. The largest absolute Gasteiger partial charge is 0.491 e. The fourth-order valence-electron chi connectivity index (χ4n) is 3.92. The van der Waals surface area contributed by atoms with E-state index in [0.717, 1.165) is 56.9 Å². The van der Waals surface area contributed by atoms with Gasteiger partial charge in [0.15, 0.2) is 5.69 Å². The number of likely N-dealkylation sites (tertiary alicyclic amines) is 1. The van der Waals surface area contributed by atoms with Gasteiger partial charge in [-0.2, -0.15) is 0 Å². The van der Waals surface area contributed by atoms with Crippen LogP contribution in [-0.4, -0.2) is 48.4 Å². The van der Waals surface area contributed by atoms with Gasteiger partial charge >= 0.3 is 0 Å². The number of hydrogen-bond donors (Lipinski definition) is 1. The molecule has 0 bridgehead atoms. The third-order valence-electron chi connectivity index (χ3n) is 5.79. The smallest absolute Gasteiger partial charge is 0.187 e. The van der Waals surface area contributed by atoms with E-state index in [1.54, 1.807) is 0 Å². The molecule has 1 fully saturated rings. The minimum atomic E-state index is -0.607. The predicted octanol–water partition coefficient (Wildman–Crippen LogP) is 4.88. The van der Waals surface area contributed by atoms with E-state index in [2.05, 4.69) is 39.9 Å². The molecule has 0 aliphatic carbocycles. The van der Waals surface area contributed by atoms with Crippen molar-refractivity contribution in [2.75, 3.05) is 31.6 Å². The zero-order valence-electron chi connectivity index (χ0n) is 18.3. The highest BCUT2D eigenvalue weighted by Gasteiger charge is 2.32. The lowest BCUT2D eigenvalue weighted by Crippen LogP contribution is -2.45. The minimum Gasteiger partial charge on any atom is -0.491 e. The van der Waals surface area contributed by atoms with Crippen LogP contribution < -0.4 is 9.64 Å². The van der Waals surface area contributed by atoms with Crippen LogP contribution >= 0.6 is 0 Å². The van der Waals surface area contributed by atoms with Crippen LogP contribution in [0.3, 0.4) is 0 Å². The summed E-state index contributed by atoms with van der Waals surface area (Å²) in [5.41, 5.74) is 2.38. The van der Waals surface area contributed by atoms with E-state index in [4.69, 9.17) is 11.3 Å². The van der Waals surface area contributed by atoms with E-state index in [0.29, 0.717) is 5.69 Å². The molecule has 5 nitrogen and oxygen atoms in total. The van der Waals surface area contributed by atoms with Gasteiger partial charge < -0.3 is 14.7 Å². The van der Waals surface area contributed by atoms with Crippen molar-refractivity contribution in [3.05, 3.63) is 65.5 Å². The van der Waals surface area contributed by atoms with Crippen LogP contribution in [-0.2, 0) is 6.54 Å². The van der Waals surface area contributed by atoms with Crippen LogP contribution in [0.4, 0.5) is 11.4 Å². The van der Waals surface area contributed by atoms with Gasteiger partial charge in [0.2, 0.25) is 0 Å². The third kappa shape index (κ3) is 6.22. The van der Waals surface area contributed by atoms with E-state index in [1.165, 1.54) is 5.56 Å². The van der Waals surface area contributed by atoms with Crippen molar-refractivity contribution < 1.29 is 9.84 Å². The molecule has 2 aromatic rings. The molecule has 1 heterocycles. The first-order valence-corrected chi connectivity index (χ1v) is 10.8. The van der Waals surface area contributed by atoms with E-state index in [1.807, 2.05) is 44.2 Å². The van der Waals surface area contributed by atoms with Crippen molar-refractivity contribution in [2.45, 2.75) is 51.4 Å². The van der Waals surface area contributed by atoms with Gasteiger partial charge in [-0.25, -0.2) is 4.85 Å². The van der Waals surface area contributed by atoms with Crippen LogP contribution in [0.1, 0.15) is 38.7 Å². The Morgan fingerprint density at radius 1 is 1.17 bits per heavy atom. The molecule has 160 valence electrons. The summed E-state index contributed by atoms with van der Waals surface area (Å²) in [6.45, 7) is 14.6. The van der Waals surface area contributed by atoms with Gasteiger partial charge in [-0.1, -0.05) is 24.3 Å². The SMILES string of the molecule is [C-]#[N+]c1cccc(CN2CCC(O)(CCN(C)c3ccc(OC(C)C)cc3)CC2)c1. The summed E-state index contributed by atoms with van der Waals surface area (Å²) in [5.74, 6) is 0.884. The molecule has 0 unspecified atom stereocenters. The molecule has 0 atom stereocenters. The fourth-order valence-corrected chi connectivity index (χ4v) is 3.92. The summed E-state index contributed by atoms with van der Waals surface area (Å²) in [7, 11) is 2.07. The summed E-state index contributed by atoms with van der Waals surface area (Å²) >= 11 is 0. The summed E-state index contributed by atoms with van der Waals surface area (Å²) < 4.78 is 5.71. The molecule has 0 aromatic heterocycles. The van der Waals surface area contributed by atoms with Crippen molar-refractivity contribution in [2.24, 2.45) is 0 Å². The Labute approximate surface area is 180 Å². The average molecular weight is 408 g/mol. The Morgan fingerprint density at radius 3 is 2.50 bits per heavy atom. The molecule has 0 amide bonds. The maximum absolute atomic E-state index is 11.1. The number of benzene rings is 2. The highest BCUT2D eigenvalue weighted by molar-refractivity contribution is 5.48. The van der Waals surface area contributed by atoms with Crippen LogP contribution in [0.5, 0.6) is 5.75 Å². The normalized spacial score (nSPS) is 16.3. The number of aliphatic hydroxyl groups is 1. The number of piperidine rings is 1. The van der Waals surface area contributed by atoms with Gasteiger partial charge in [0, 0.05) is 38.9 Å². The Morgan fingerprint density at radius 2 is 1.87 bits per heavy atom. The third-order valence-corrected chi connectivity index (χ3v) is 5.79. The summed E-state index contributed by atoms with van der Waals surface area (Å²) in [4.78, 5) is 8.07. The van der Waals surface area contributed by atoms with E-state index in [-0.39, 0.29) is 6.10 Å². The second-order valence-corrected chi connectivity index (χ2v) is 8.61. The molecule has 30 heavy (non-hydrogen) atoms. The quantitative estimate of drug-likeness (QED) is 0.633. The molecule has 0 radical (unpaired) electrons. The van der Waals surface area contributed by atoms with Gasteiger partial charge in [0.05, 0.1) is 18.3 Å². The molecule has 5 heteroatoms. The van der Waals surface area contributed by atoms with Crippen molar-refractivity contribution in [3.8, 4) is 5.75 Å². The molecule has 0 spiro atoms. The lowest BCUT2D eigenvalue weighted by molar-refractivity contribution is -0.0275. The molecule has 0 saturated carbocycles. The number of rotatable bonds is 8. The van der Waals surface area contributed by atoms with Gasteiger partial charge in [-0.3, -0.25) is 4.90 Å². The number of nitrogens with zero attached hydrogens (tertiary/aromatic N) is 3. The molecule has 1 saturated heterocycles. The highest BCUT2D eigenvalue weighted by Crippen LogP contribution is 2.28. The Kier molecular flexibility index (Phi) is 7.36. The standard InChI is InChI=1S/C25H33N3O2/c1-20(2)30-24-10-8-23(9-11-24)27(4)15-12-25(29)13-16-28(17-14-25)19-21-6-5-7-22(18-21)26-3/h5-11,18,20,29H,12-17,19H2,1-2,4H3. The second kappa shape index (κ2) is 9.97. The fraction of sp³-hybridized carbons (Fsp3) is 0.480. The number of hydrogen-bond acceptors (Lipinski definition) is 4. The average Bonchev–Trinajstić information content (AvgIpc) is 2.74. The maximum Gasteiger partial charge on any atom is 0.187 e. The lowest BCUT2D eigenvalue weighted by atomic mass is 9.88. The monoisotopic (exact) mass is 407 g/mol. The second-order valence-electron chi connectivity index (χ2n) is 8.61. The predicted molar refractivity (Wildman–Crippen MR) is 122 cm³/mol. The molecule has 1 aliphatic heterocycles. The van der Waals surface area contributed by atoms with Gasteiger partial charge in [-0.15, -0.1) is 0 Å². The van der Waals surface area contributed by atoms with Crippen LogP contribution in [0.15, 0.2) is 48.5 Å². The summed E-state index contributed by atoms with van der Waals surface area (Å²) in [5, 5.41) is 11.1. The number of anilines is 1. The maximum atomic E-state index is 11.1. The molecule has 2 aromatic carbocycles. The number of ether oxygens (including phenoxy) is 1. The van der Waals surface area contributed by atoms with Gasteiger partial charge in [0.25, 0.3) is 0 Å². The van der Waals surface area contributed by atoms with Crippen LogP contribution in [0, 0.1) is 6.57 Å². The molecular weight excluding hydrogens is 374 g/mol. The Balaban J connectivity index is 1.46. The van der Waals surface area contributed by atoms with Gasteiger partial charge in [-0.05, 0) is 62.9 Å². The molecule has 1 N–H and O–H groups in total. The highest BCUT2D eigenvalue weighted by atomic mass is 16.5. The summed E-state index contributed by atoms with van der Waals surface area (Å²) in [6.07, 6.45) is 2.49. The first kappa shape index (κ1) is 22.1. The first-order valence-electron chi connectivity index (χ1n) is 10.8. The van der Waals surface area contributed by atoms with Crippen molar-refractivity contribution >= 4 is 11.4 Å². The van der Waals surface area contributed by atoms with Crippen LogP contribution in [0.2, 0.25) is 0 Å². The molecule has 3 rings (SSSR count). The van der Waals surface area contributed by atoms with Crippen molar-refractivity contribution in [3.63, 3.8) is 0 Å². The van der Waals surface area contributed by atoms with Crippen LogP contribution in [0.25, 0.3) is 4.85 Å². The summed E-state index contributed by atoms with van der Waals surface area (Å²) in [6, 6.07) is 16.0. The zero-order valence-corrected chi connectivity index (χ0v) is 18.3. The van der Waals surface area contributed by atoms with Crippen molar-refractivity contribution in [1.82, 2.24) is 4.90 Å². The lowest BCUT2D eigenvalue weighted by Gasteiger charge is -2.39.